The summed E-state index contributed by atoms with van der Waals surface area (Å²) < 4.78 is 0. The van der Waals surface area contributed by atoms with Crippen LogP contribution in [0, 0.1) is 6.92 Å². The van der Waals surface area contributed by atoms with E-state index in [1.807, 2.05) is 12.1 Å². The van der Waals surface area contributed by atoms with Gasteiger partial charge in [-0.2, -0.15) is 0 Å². The van der Waals surface area contributed by atoms with Crippen LogP contribution in [0.1, 0.15) is 19.4 Å². The normalized spacial score (nSPS) is 12.2. The topological polar surface area (TPSA) is 0 Å². The molecule has 72 valence electrons. The molecule has 0 radical (unpaired) electrons. The van der Waals surface area contributed by atoms with E-state index in [0.29, 0.717) is 5.54 Å². The molecule has 0 nitrogen and oxygen atoms in total. The van der Waals surface area contributed by atoms with Crippen molar-refractivity contribution in [2.75, 3.05) is 0 Å². The first-order chi connectivity index (χ1) is 5.94. The molecule has 0 amide bonds. The summed E-state index contributed by atoms with van der Waals surface area (Å²) in [5.41, 5.74) is 1.56. The van der Waals surface area contributed by atoms with Gasteiger partial charge in [0.05, 0.1) is 0 Å². The number of hydrogen-bond acceptors (Lipinski definition) is 0. The number of benzene rings is 1. The van der Waals surface area contributed by atoms with E-state index in [-0.39, 0.29) is 0 Å². The van der Waals surface area contributed by atoms with Crippen molar-refractivity contribution in [2.24, 2.45) is 0 Å². The van der Waals surface area contributed by atoms with Crippen molar-refractivity contribution in [1.29, 1.82) is 0 Å². The quantitative estimate of drug-likeness (QED) is 0.541. The van der Waals surface area contributed by atoms with Crippen molar-refractivity contribution >= 4 is 34.0 Å². The van der Waals surface area contributed by atoms with Gasteiger partial charge in [-0.3, -0.25) is 0 Å². The molecule has 1 aromatic rings. The Kier molecular flexibility index (Phi) is 3.44. The maximum atomic E-state index is 6.37. The van der Waals surface area contributed by atoms with E-state index in [1.54, 1.807) is 0 Å². The van der Waals surface area contributed by atoms with E-state index in [4.69, 9.17) is 22.2 Å². The molecule has 0 atom stereocenters. The van der Waals surface area contributed by atoms with Gasteiger partial charge >= 0.3 is 0 Å². The molecular weight excluding hydrogens is 219 g/mol. The Labute approximate surface area is 90.3 Å². The third-order valence-electron chi connectivity index (χ3n) is 2.13. The Morgan fingerprint density at radius 1 is 1.23 bits per heavy atom. The highest BCUT2D eigenvalue weighted by molar-refractivity contribution is 7.51. The molecule has 0 unspecified atom stereocenters. The van der Waals surface area contributed by atoms with Crippen LogP contribution in [0.5, 0.6) is 0 Å². The van der Waals surface area contributed by atoms with Crippen LogP contribution in [-0.2, 0) is 0 Å². The summed E-state index contributed by atoms with van der Waals surface area (Å²) >= 11 is 12.7. The SMILES string of the molecule is Cc1cccc([Si](Cl)(Cl)C(C)C)c1. The lowest BCUT2D eigenvalue weighted by Crippen LogP contribution is -2.39. The Morgan fingerprint density at radius 3 is 2.31 bits per heavy atom. The number of hydrogen-bond donors (Lipinski definition) is 0. The highest BCUT2D eigenvalue weighted by atomic mass is 35.7. The summed E-state index contributed by atoms with van der Waals surface area (Å²) in [7, 11) is 0. The predicted octanol–water partition coefficient (Wildman–Crippen LogP) is 3.53. The van der Waals surface area contributed by atoms with Crippen LogP contribution in [0.2, 0.25) is 5.54 Å². The van der Waals surface area contributed by atoms with Gasteiger partial charge in [0.1, 0.15) is 0 Å². The zero-order chi connectivity index (χ0) is 10.1. The summed E-state index contributed by atoms with van der Waals surface area (Å²) in [5.74, 6) is 0. The highest BCUT2D eigenvalue weighted by Crippen LogP contribution is 2.28. The molecule has 1 aromatic carbocycles. The summed E-state index contributed by atoms with van der Waals surface area (Å²) in [6.45, 7) is 3.97. The zero-order valence-corrected chi connectivity index (χ0v) is 10.7. The molecule has 0 aliphatic rings. The lowest BCUT2D eigenvalue weighted by molar-refractivity contribution is 1.05. The third-order valence-corrected chi connectivity index (χ3v) is 8.59. The minimum Gasteiger partial charge on any atom is -0.139 e. The molecule has 0 spiro atoms. The first kappa shape index (κ1) is 11.1. The minimum absolute atomic E-state index is 0.345. The standard InChI is InChI=1S/C10H14Cl2Si/c1-8(2)13(11,12)10-6-4-5-9(3)7-10/h4-8H,1-3H3. The molecule has 0 fully saturated rings. The first-order valence-corrected chi connectivity index (χ1v) is 8.49. The fourth-order valence-corrected chi connectivity index (χ4v) is 3.30. The van der Waals surface area contributed by atoms with Crippen LogP contribution in [0.3, 0.4) is 0 Å². The van der Waals surface area contributed by atoms with Crippen molar-refractivity contribution in [2.45, 2.75) is 26.3 Å². The van der Waals surface area contributed by atoms with Crippen molar-refractivity contribution in [1.82, 2.24) is 0 Å². The predicted molar refractivity (Wildman–Crippen MR) is 63.4 cm³/mol. The maximum absolute atomic E-state index is 6.37. The molecule has 0 N–H and O–H groups in total. The van der Waals surface area contributed by atoms with E-state index >= 15 is 0 Å². The molecular formula is C10H14Cl2Si. The van der Waals surface area contributed by atoms with Crippen molar-refractivity contribution in [3.05, 3.63) is 29.8 Å². The fourth-order valence-electron chi connectivity index (χ4n) is 1.19. The van der Waals surface area contributed by atoms with Crippen molar-refractivity contribution in [3.8, 4) is 0 Å². The van der Waals surface area contributed by atoms with Gasteiger partial charge in [-0.1, -0.05) is 43.7 Å². The molecule has 13 heavy (non-hydrogen) atoms. The first-order valence-electron chi connectivity index (χ1n) is 4.39. The van der Waals surface area contributed by atoms with Gasteiger partial charge in [-0.25, -0.2) is 0 Å². The van der Waals surface area contributed by atoms with E-state index in [2.05, 4.69) is 32.9 Å². The van der Waals surface area contributed by atoms with Crippen LogP contribution in [0.4, 0.5) is 0 Å². The van der Waals surface area contributed by atoms with Gasteiger partial charge in [-0.15, -0.1) is 22.2 Å². The Balaban J connectivity index is 3.07. The van der Waals surface area contributed by atoms with Gasteiger partial charge in [0.25, 0.3) is 6.69 Å². The molecule has 0 saturated carbocycles. The van der Waals surface area contributed by atoms with E-state index in [1.165, 1.54) is 5.56 Å². The molecule has 1 rings (SSSR count). The maximum Gasteiger partial charge on any atom is 0.283 e. The second-order valence-electron chi connectivity index (χ2n) is 3.65. The average Bonchev–Trinajstić information content (AvgIpc) is 2.04. The summed E-state index contributed by atoms with van der Waals surface area (Å²) in [5, 5.41) is 1.12. The lowest BCUT2D eigenvalue weighted by atomic mass is 10.2. The number of halogens is 2. The molecule has 0 aromatic heterocycles. The molecule has 0 aliphatic carbocycles. The van der Waals surface area contributed by atoms with Crippen LogP contribution >= 0.6 is 22.2 Å². The fraction of sp³-hybridized carbons (Fsp3) is 0.400. The van der Waals surface area contributed by atoms with E-state index < -0.39 is 6.69 Å². The molecule has 0 saturated heterocycles. The van der Waals surface area contributed by atoms with Gasteiger partial charge in [0.15, 0.2) is 0 Å². The van der Waals surface area contributed by atoms with Gasteiger partial charge in [-0.05, 0) is 17.7 Å². The highest BCUT2D eigenvalue weighted by Gasteiger charge is 2.34. The Hall–Kier alpha value is 0.0169. The smallest absolute Gasteiger partial charge is 0.139 e. The minimum atomic E-state index is -2.24. The summed E-state index contributed by atoms with van der Waals surface area (Å²) in [6, 6.07) is 8.19. The van der Waals surface area contributed by atoms with Crippen LogP contribution in [0.15, 0.2) is 24.3 Å². The Morgan fingerprint density at radius 2 is 1.85 bits per heavy atom. The van der Waals surface area contributed by atoms with Crippen LogP contribution < -0.4 is 5.19 Å². The number of rotatable bonds is 2. The summed E-state index contributed by atoms with van der Waals surface area (Å²) in [4.78, 5) is 0. The van der Waals surface area contributed by atoms with Gasteiger partial charge in [0, 0.05) is 0 Å². The van der Waals surface area contributed by atoms with Crippen LogP contribution in [-0.4, -0.2) is 6.69 Å². The molecule has 3 heteroatoms. The van der Waals surface area contributed by atoms with Crippen molar-refractivity contribution < 1.29 is 0 Å². The summed E-state index contributed by atoms with van der Waals surface area (Å²) in [6.07, 6.45) is 0. The van der Waals surface area contributed by atoms with Crippen LogP contribution in [0.25, 0.3) is 0 Å². The second-order valence-corrected chi connectivity index (χ2v) is 10.8. The van der Waals surface area contributed by atoms with Gasteiger partial charge in [0.2, 0.25) is 0 Å². The number of aryl methyl sites for hydroxylation is 1. The Bertz CT molecular complexity index is 295. The monoisotopic (exact) mass is 232 g/mol. The lowest BCUT2D eigenvalue weighted by Gasteiger charge is -2.21. The zero-order valence-electron chi connectivity index (χ0n) is 8.14. The van der Waals surface area contributed by atoms with Gasteiger partial charge < -0.3 is 0 Å². The second kappa shape index (κ2) is 4.03. The molecule has 0 aliphatic heterocycles. The largest absolute Gasteiger partial charge is 0.283 e. The molecule has 0 bridgehead atoms. The van der Waals surface area contributed by atoms with Crippen molar-refractivity contribution in [3.63, 3.8) is 0 Å². The van der Waals surface area contributed by atoms with E-state index in [9.17, 15) is 0 Å². The third kappa shape index (κ3) is 2.49. The average molecular weight is 233 g/mol. The van der Waals surface area contributed by atoms with E-state index in [0.717, 1.165) is 5.19 Å². The molecule has 0 heterocycles.